The van der Waals surface area contributed by atoms with Crippen LogP contribution in [0.1, 0.15) is 33.6 Å². The van der Waals surface area contributed by atoms with Crippen LogP contribution in [0.4, 0.5) is 5.13 Å². The Bertz CT molecular complexity index is 747. The van der Waals surface area contributed by atoms with E-state index in [4.69, 9.17) is 0 Å². The third-order valence-corrected chi connectivity index (χ3v) is 6.90. The van der Waals surface area contributed by atoms with Crippen molar-refractivity contribution in [2.45, 2.75) is 33.6 Å². The number of benzene rings is 1. The monoisotopic (exact) mass is 325 g/mol. The summed E-state index contributed by atoms with van der Waals surface area (Å²) in [6, 6.07) is 10.3. The van der Waals surface area contributed by atoms with Crippen molar-refractivity contribution in [3.63, 3.8) is 0 Å². The van der Waals surface area contributed by atoms with Crippen LogP contribution < -0.4 is 10.9 Å². The first-order valence-electron chi connectivity index (χ1n) is 8.26. The van der Waals surface area contributed by atoms with E-state index in [1.165, 1.54) is 18.5 Å². The Morgan fingerprint density at radius 3 is 2.57 bits per heavy atom. The molecule has 0 spiro atoms. The van der Waals surface area contributed by atoms with Crippen LogP contribution in [0.2, 0.25) is 0 Å². The standard InChI is InChI=1S/C19H23N3S/c1-18(2)14-9-10-19(18,3)16(11-14)21-22-17-20-15(12-23-17)13-7-5-4-6-8-13/h4-8,11-12,14,21H,9-10H2,1-3H3,(H,20,22)/t14-,19+/m1/s1. The fourth-order valence-corrected chi connectivity index (χ4v) is 4.74. The Kier molecular flexibility index (Phi) is 3.27. The molecule has 23 heavy (non-hydrogen) atoms. The molecule has 2 aliphatic rings. The fourth-order valence-electron chi connectivity index (χ4n) is 4.07. The second-order valence-corrected chi connectivity index (χ2v) is 8.29. The number of hydrazine groups is 1. The number of fused-ring (bicyclic) bond motifs is 2. The zero-order valence-corrected chi connectivity index (χ0v) is 14.7. The van der Waals surface area contributed by atoms with Crippen molar-refractivity contribution in [3.8, 4) is 11.3 Å². The molecule has 1 aromatic carbocycles. The number of aromatic nitrogens is 1. The van der Waals surface area contributed by atoms with Crippen LogP contribution >= 0.6 is 11.3 Å². The lowest BCUT2D eigenvalue weighted by molar-refractivity contribution is 0.165. The van der Waals surface area contributed by atoms with Gasteiger partial charge in [0.2, 0.25) is 5.13 Å². The second-order valence-electron chi connectivity index (χ2n) is 7.43. The summed E-state index contributed by atoms with van der Waals surface area (Å²) in [5.41, 5.74) is 10.9. The van der Waals surface area contributed by atoms with Gasteiger partial charge in [-0.1, -0.05) is 57.2 Å². The molecule has 4 heteroatoms. The van der Waals surface area contributed by atoms with Gasteiger partial charge in [-0.25, -0.2) is 4.98 Å². The topological polar surface area (TPSA) is 37.0 Å². The summed E-state index contributed by atoms with van der Waals surface area (Å²) in [4.78, 5) is 4.68. The first-order chi connectivity index (χ1) is 11.0. The van der Waals surface area contributed by atoms with E-state index in [9.17, 15) is 0 Å². The number of hydrogen-bond acceptors (Lipinski definition) is 4. The largest absolute Gasteiger partial charge is 0.303 e. The summed E-state index contributed by atoms with van der Waals surface area (Å²) >= 11 is 1.63. The van der Waals surface area contributed by atoms with Gasteiger partial charge < -0.3 is 5.43 Å². The number of thiazole rings is 1. The average Bonchev–Trinajstić information content (AvgIpc) is 3.16. The highest BCUT2D eigenvalue weighted by Gasteiger charge is 2.57. The number of nitrogens with one attached hydrogen (secondary N) is 2. The third kappa shape index (κ3) is 2.19. The average molecular weight is 325 g/mol. The van der Waals surface area contributed by atoms with Crippen molar-refractivity contribution in [2.75, 3.05) is 5.43 Å². The molecule has 120 valence electrons. The molecule has 2 N–H and O–H groups in total. The lowest BCUT2D eigenvalue weighted by Gasteiger charge is -2.37. The number of rotatable bonds is 4. The normalized spacial score (nSPS) is 27.8. The molecule has 2 aromatic rings. The molecule has 1 aromatic heterocycles. The Morgan fingerprint density at radius 1 is 1.13 bits per heavy atom. The minimum absolute atomic E-state index is 0.240. The number of anilines is 1. The zero-order chi connectivity index (χ0) is 16.1. The highest BCUT2D eigenvalue weighted by molar-refractivity contribution is 7.14. The van der Waals surface area contributed by atoms with Crippen LogP contribution in [-0.4, -0.2) is 4.98 Å². The molecule has 3 nitrogen and oxygen atoms in total. The predicted molar refractivity (Wildman–Crippen MR) is 97.0 cm³/mol. The first-order valence-corrected chi connectivity index (χ1v) is 9.14. The smallest absolute Gasteiger partial charge is 0.202 e. The van der Waals surface area contributed by atoms with Gasteiger partial charge in [0.25, 0.3) is 0 Å². The van der Waals surface area contributed by atoms with E-state index in [1.807, 2.05) is 18.2 Å². The summed E-state index contributed by atoms with van der Waals surface area (Å²) in [6.45, 7) is 7.18. The highest BCUT2D eigenvalue weighted by atomic mass is 32.1. The molecular formula is C19H23N3S. The van der Waals surface area contributed by atoms with Gasteiger partial charge in [-0.15, -0.1) is 11.3 Å². The van der Waals surface area contributed by atoms with E-state index in [2.05, 4.69) is 60.2 Å². The SMILES string of the molecule is CC1(C)[C@H]2C=C(NNc3nc(-c4ccccc4)cs3)[C@]1(C)CC2. The maximum atomic E-state index is 4.68. The number of nitrogens with zero attached hydrogens (tertiary/aromatic N) is 1. The molecule has 2 atom stereocenters. The van der Waals surface area contributed by atoms with E-state index in [-0.39, 0.29) is 5.41 Å². The Balaban J connectivity index is 1.47. The van der Waals surface area contributed by atoms with Crippen LogP contribution in [0.25, 0.3) is 11.3 Å². The summed E-state index contributed by atoms with van der Waals surface area (Å²) in [5.74, 6) is 0.688. The van der Waals surface area contributed by atoms with Gasteiger partial charge in [0.1, 0.15) is 0 Å². The van der Waals surface area contributed by atoms with Crippen LogP contribution in [0.3, 0.4) is 0 Å². The van der Waals surface area contributed by atoms with Gasteiger partial charge in [-0.3, -0.25) is 5.43 Å². The third-order valence-electron chi connectivity index (χ3n) is 6.14. The van der Waals surface area contributed by atoms with Gasteiger partial charge >= 0.3 is 0 Å². The lowest BCUT2D eigenvalue weighted by atomic mass is 9.69. The molecule has 0 radical (unpaired) electrons. The van der Waals surface area contributed by atoms with Crippen LogP contribution in [0.15, 0.2) is 47.5 Å². The molecular weight excluding hydrogens is 302 g/mol. The van der Waals surface area contributed by atoms with Crippen LogP contribution in [-0.2, 0) is 0 Å². The minimum Gasteiger partial charge on any atom is -0.303 e. The van der Waals surface area contributed by atoms with Gasteiger partial charge in [-0.05, 0) is 24.2 Å². The molecule has 0 amide bonds. The number of hydrogen-bond donors (Lipinski definition) is 2. The van der Waals surface area contributed by atoms with Crippen molar-refractivity contribution in [1.82, 2.24) is 10.4 Å². The molecule has 0 saturated heterocycles. The predicted octanol–water partition coefficient (Wildman–Crippen LogP) is 5.07. The quantitative estimate of drug-likeness (QED) is 0.771. The van der Waals surface area contributed by atoms with Crippen molar-refractivity contribution in [1.29, 1.82) is 0 Å². The molecule has 1 fully saturated rings. The van der Waals surface area contributed by atoms with Crippen molar-refractivity contribution < 1.29 is 0 Å². The molecule has 1 heterocycles. The summed E-state index contributed by atoms with van der Waals surface area (Å²) in [7, 11) is 0. The van der Waals surface area contributed by atoms with Gasteiger partial charge in [0.15, 0.2) is 0 Å². The van der Waals surface area contributed by atoms with Crippen molar-refractivity contribution in [3.05, 3.63) is 47.5 Å². The fraction of sp³-hybridized carbons (Fsp3) is 0.421. The Labute approximate surface area is 141 Å². The van der Waals surface area contributed by atoms with E-state index in [1.54, 1.807) is 11.3 Å². The second kappa shape index (κ2) is 5.10. The van der Waals surface area contributed by atoms with Gasteiger partial charge in [-0.2, -0.15) is 0 Å². The number of allylic oxidation sites excluding steroid dienone is 2. The minimum atomic E-state index is 0.240. The van der Waals surface area contributed by atoms with Crippen molar-refractivity contribution >= 4 is 16.5 Å². The van der Waals surface area contributed by atoms with Gasteiger partial charge in [0.05, 0.1) is 5.69 Å². The molecule has 2 bridgehead atoms. The van der Waals surface area contributed by atoms with E-state index < -0.39 is 0 Å². The molecule has 1 saturated carbocycles. The summed E-state index contributed by atoms with van der Waals surface area (Å²) in [5, 5.41) is 3.01. The maximum absolute atomic E-state index is 4.68. The lowest BCUT2D eigenvalue weighted by Crippen LogP contribution is -2.37. The summed E-state index contributed by atoms with van der Waals surface area (Å²) in [6.07, 6.45) is 4.99. The molecule has 2 aliphatic carbocycles. The zero-order valence-electron chi connectivity index (χ0n) is 13.9. The Morgan fingerprint density at radius 2 is 1.91 bits per heavy atom. The molecule has 0 aliphatic heterocycles. The van der Waals surface area contributed by atoms with Crippen molar-refractivity contribution in [2.24, 2.45) is 16.7 Å². The van der Waals surface area contributed by atoms with E-state index in [0.29, 0.717) is 11.3 Å². The maximum Gasteiger partial charge on any atom is 0.202 e. The summed E-state index contributed by atoms with van der Waals surface area (Å²) < 4.78 is 0. The Hall–Kier alpha value is -1.81. The van der Waals surface area contributed by atoms with E-state index >= 15 is 0 Å². The van der Waals surface area contributed by atoms with Gasteiger partial charge in [0, 0.05) is 22.1 Å². The first kappa shape index (κ1) is 14.8. The highest BCUT2D eigenvalue weighted by Crippen LogP contribution is 2.64. The molecule has 0 unspecified atom stereocenters. The molecule has 4 rings (SSSR count). The van der Waals surface area contributed by atoms with E-state index in [0.717, 1.165) is 16.4 Å². The van der Waals surface area contributed by atoms with Crippen LogP contribution in [0.5, 0.6) is 0 Å². The van der Waals surface area contributed by atoms with Crippen LogP contribution in [0, 0.1) is 16.7 Å².